The van der Waals surface area contributed by atoms with Crippen LogP contribution >= 0.6 is 15.9 Å². The highest BCUT2D eigenvalue weighted by molar-refractivity contribution is 9.10. The van der Waals surface area contributed by atoms with Crippen LogP contribution in [0.2, 0.25) is 0 Å². The summed E-state index contributed by atoms with van der Waals surface area (Å²) in [7, 11) is 0. The maximum atomic E-state index is 4.44. The van der Waals surface area contributed by atoms with Crippen molar-refractivity contribution in [2.24, 2.45) is 11.3 Å². The van der Waals surface area contributed by atoms with Crippen molar-refractivity contribution in [2.45, 2.75) is 20.3 Å². The molecule has 2 heterocycles. The predicted octanol–water partition coefficient (Wildman–Crippen LogP) is 2.95. The number of aromatic nitrogens is 3. The topological polar surface area (TPSA) is 42.2 Å². The highest BCUT2D eigenvalue weighted by Gasteiger charge is 2.45. The minimum absolute atomic E-state index is 0.491. The van der Waals surface area contributed by atoms with Crippen LogP contribution in [0.15, 0.2) is 23.2 Å². The molecular weight excluding hydrogens is 280 g/mol. The van der Waals surface area contributed by atoms with Gasteiger partial charge in [-0.3, -0.25) is 0 Å². The van der Waals surface area contributed by atoms with Crippen molar-refractivity contribution in [3.63, 3.8) is 0 Å². The second-order valence-electron chi connectivity index (χ2n) is 5.34. The molecule has 5 heteroatoms. The van der Waals surface area contributed by atoms with Crippen LogP contribution < -0.4 is 5.32 Å². The van der Waals surface area contributed by atoms with E-state index in [0.29, 0.717) is 5.41 Å². The van der Waals surface area contributed by atoms with Crippen molar-refractivity contribution >= 4 is 27.4 Å². The molecule has 0 amide bonds. The molecule has 0 spiro atoms. The van der Waals surface area contributed by atoms with E-state index in [2.05, 4.69) is 45.1 Å². The number of fused-ring (bicyclic) bond motifs is 1. The Labute approximate surface area is 109 Å². The lowest BCUT2D eigenvalue weighted by molar-refractivity contribution is 0.573. The molecule has 1 aliphatic carbocycles. The van der Waals surface area contributed by atoms with E-state index in [0.717, 1.165) is 28.5 Å². The van der Waals surface area contributed by atoms with Crippen LogP contribution in [-0.2, 0) is 0 Å². The summed E-state index contributed by atoms with van der Waals surface area (Å²) in [6.07, 6.45) is 6.91. The van der Waals surface area contributed by atoms with Crippen LogP contribution in [0, 0.1) is 11.3 Å². The van der Waals surface area contributed by atoms with Crippen molar-refractivity contribution in [3.8, 4) is 0 Å². The summed E-state index contributed by atoms with van der Waals surface area (Å²) in [6, 6.07) is 0. The number of anilines is 1. The molecule has 90 valence electrons. The van der Waals surface area contributed by atoms with Gasteiger partial charge < -0.3 is 9.72 Å². The number of nitrogens with zero attached hydrogens (tertiary/aromatic N) is 3. The monoisotopic (exact) mass is 294 g/mol. The van der Waals surface area contributed by atoms with Gasteiger partial charge in [0.2, 0.25) is 0 Å². The summed E-state index contributed by atoms with van der Waals surface area (Å²) in [5.41, 5.74) is 1.37. The van der Waals surface area contributed by atoms with E-state index in [1.165, 1.54) is 6.42 Å². The van der Waals surface area contributed by atoms with Crippen LogP contribution in [0.25, 0.3) is 5.65 Å². The molecule has 2 aromatic heterocycles. The molecule has 1 fully saturated rings. The molecule has 1 saturated carbocycles. The van der Waals surface area contributed by atoms with E-state index >= 15 is 0 Å². The van der Waals surface area contributed by atoms with Gasteiger partial charge in [0.15, 0.2) is 11.5 Å². The molecule has 1 atom stereocenters. The average Bonchev–Trinajstić information content (AvgIpc) is 2.69. The summed E-state index contributed by atoms with van der Waals surface area (Å²) in [5.74, 6) is 1.60. The lowest BCUT2D eigenvalue weighted by atomic mass is 10.1. The van der Waals surface area contributed by atoms with Gasteiger partial charge in [0.25, 0.3) is 0 Å². The van der Waals surface area contributed by atoms with E-state index in [4.69, 9.17) is 0 Å². The average molecular weight is 295 g/mol. The Kier molecular flexibility index (Phi) is 2.40. The smallest absolute Gasteiger partial charge is 0.180 e. The second-order valence-corrected chi connectivity index (χ2v) is 6.15. The first-order valence-corrected chi connectivity index (χ1v) is 6.59. The highest BCUT2D eigenvalue weighted by Crippen LogP contribution is 2.51. The fourth-order valence-corrected chi connectivity index (χ4v) is 2.56. The quantitative estimate of drug-likeness (QED) is 0.946. The third kappa shape index (κ3) is 2.04. The van der Waals surface area contributed by atoms with Crippen molar-refractivity contribution in [3.05, 3.63) is 23.2 Å². The van der Waals surface area contributed by atoms with Crippen LogP contribution in [-0.4, -0.2) is 20.9 Å². The third-order valence-corrected chi connectivity index (χ3v) is 3.96. The molecule has 0 radical (unpaired) electrons. The number of nitrogens with one attached hydrogen (secondary N) is 1. The summed E-state index contributed by atoms with van der Waals surface area (Å²) < 4.78 is 2.79. The highest BCUT2D eigenvalue weighted by atomic mass is 79.9. The first-order valence-electron chi connectivity index (χ1n) is 5.79. The van der Waals surface area contributed by atoms with Gasteiger partial charge in [0, 0.05) is 25.1 Å². The lowest BCUT2D eigenvalue weighted by Crippen LogP contribution is -2.10. The van der Waals surface area contributed by atoms with E-state index in [1.54, 1.807) is 6.20 Å². The third-order valence-electron chi connectivity index (χ3n) is 3.58. The molecule has 1 N–H and O–H groups in total. The number of hydrogen-bond donors (Lipinski definition) is 1. The zero-order chi connectivity index (χ0) is 12.0. The van der Waals surface area contributed by atoms with Crippen LogP contribution in [0.5, 0.6) is 0 Å². The van der Waals surface area contributed by atoms with Crippen molar-refractivity contribution in [1.82, 2.24) is 14.4 Å². The van der Waals surface area contributed by atoms with Crippen molar-refractivity contribution < 1.29 is 0 Å². The molecule has 0 aliphatic heterocycles. The molecule has 2 aromatic rings. The fourth-order valence-electron chi connectivity index (χ4n) is 2.16. The molecule has 0 saturated heterocycles. The van der Waals surface area contributed by atoms with Gasteiger partial charge in [-0.25, -0.2) is 9.97 Å². The molecule has 17 heavy (non-hydrogen) atoms. The zero-order valence-corrected chi connectivity index (χ0v) is 11.5. The van der Waals surface area contributed by atoms with Crippen LogP contribution in [0.4, 0.5) is 5.82 Å². The number of rotatable bonds is 3. The molecule has 1 aliphatic rings. The first-order chi connectivity index (χ1) is 8.06. The Hall–Kier alpha value is -1.10. The Balaban J connectivity index is 1.82. The molecule has 1 unspecified atom stereocenters. The molecular formula is C12H15BrN4. The Morgan fingerprint density at radius 3 is 3.06 bits per heavy atom. The van der Waals surface area contributed by atoms with E-state index in [9.17, 15) is 0 Å². The molecule has 4 nitrogen and oxygen atoms in total. The van der Waals surface area contributed by atoms with Crippen LogP contribution in [0.1, 0.15) is 20.3 Å². The first kappa shape index (κ1) is 11.0. The standard InChI is InChI=1S/C12H15BrN4/c1-12(2)5-8(12)6-15-10-11-14-3-4-17(11)7-9(13)16-10/h3-4,7-8H,5-6H2,1-2H3,(H,15,16). The van der Waals surface area contributed by atoms with E-state index < -0.39 is 0 Å². The maximum absolute atomic E-state index is 4.44. The van der Waals surface area contributed by atoms with Gasteiger partial charge in [-0.05, 0) is 33.7 Å². The molecule has 3 rings (SSSR count). The summed E-state index contributed by atoms with van der Waals surface area (Å²) >= 11 is 3.41. The summed E-state index contributed by atoms with van der Waals surface area (Å²) in [5, 5.41) is 3.41. The molecule has 0 aromatic carbocycles. The van der Waals surface area contributed by atoms with E-state index in [-0.39, 0.29) is 0 Å². The maximum Gasteiger partial charge on any atom is 0.180 e. The SMILES string of the molecule is CC1(C)CC1CNc1nc(Br)cn2ccnc12. The second kappa shape index (κ2) is 3.70. The van der Waals surface area contributed by atoms with Crippen molar-refractivity contribution in [2.75, 3.05) is 11.9 Å². The number of imidazole rings is 1. The van der Waals surface area contributed by atoms with Gasteiger partial charge in [0.1, 0.15) is 4.60 Å². The van der Waals surface area contributed by atoms with Gasteiger partial charge in [0.05, 0.1) is 0 Å². The van der Waals surface area contributed by atoms with Gasteiger partial charge in [-0.1, -0.05) is 13.8 Å². The van der Waals surface area contributed by atoms with Gasteiger partial charge >= 0.3 is 0 Å². The summed E-state index contributed by atoms with van der Waals surface area (Å²) in [6.45, 7) is 5.58. The predicted molar refractivity (Wildman–Crippen MR) is 71.1 cm³/mol. The van der Waals surface area contributed by atoms with Crippen LogP contribution in [0.3, 0.4) is 0 Å². The van der Waals surface area contributed by atoms with Crippen molar-refractivity contribution in [1.29, 1.82) is 0 Å². The minimum Gasteiger partial charge on any atom is -0.367 e. The van der Waals surface area contributed by atoms with Gasteiger partial charge in [-0.15, -0.1) is 0 Å². The minimum atomic E-state index is 0.491. The number of halogens is 1. The number of hydrogen-bond acceptors (Lipinski definition) is 3. The fraction of sp³-hybridized carbons (Fsp3) is 0.500. The Morgan fingerprint density at radius 1 is 1.59 bits per heavy atom. The van der Waals surface area contributed by atoms with Gasteiger partial charge in [-0.2, -0.15) is 0 Å². The zero-order valence-electron chi connectivity index (χ0n) is 9.94. The Morgan fingerprint density at radius 2 is 2.35 bits per heavy atom. The lowest BCUT2D eigenvalue weighted by Gasteiger charge is -2.08. The largest absolute Gasteiger partial charge is 0.367 e. The summed E-state index contributed by atoms with van der Waals surface area (Å²) in [4.78, 5) is 8.75. The molecule has 0 bridgehead atoms. The Bertz CT molecular complexity index is 561. The normalized spacial score (nSPS) is 21.7. The van der Waals surface area contributed by atoms with E-state index in [1.807, 2.05) is 16.8 Å².